The maximum Gasteiger partial charge on any atom is 0.139 e. The van der Waals surface area contributed by atoms with E-state index in [0.717, 1.165) is 78.2 Å². The van der Waals surface area contributed by atoms with Crippen molar-refractivity contribution in [1.82, 2.24) is 24.2 Å². The molecule has 5 heterocycles. The number of hydrogen-bond donors (Lipinski definition) is 0. The lowest BCUT2D eigenvalue weighted by atomic mass is 9.92. The largest absolute Gasteiger partial charge is 0.358 e. The smallest absolute Gasteiger partial charge is 0.139 e. The molecule has 33 heavy (non-hydrogen) atoms. The molecule has 0 bridgehead atoms. The van der Waals surface area contributed by atoms with Crippen molar-refractivity contribution < 1.29 is 0 Å². The lowest BCUT2D eigenvalue weighted by Gasteiger charge is -2.39. The first-order chi connectivity index (χ1) is 16.0. The molecular formula is C25H32Cl2N6. The molecule has 1 unspecified atom stereocenters. The Bertz CT molecular complexity index is 1120. The highest BCUT2D eigenvalue weighted by atomic mass is 35.5. The Morgan fingerprint density at radius 3 is 2.36 bits per heavy atom. The number of hydrogen-bond acceptors (Lipinski definition) is 5. The van der Waals surface area contributed by atoms with Gasteiger partial charge in [-0.2, -0.15) is 0 Å². The van der Waals surface area contributed by atoms with Crippen molar-refractivity contribution in [2.75, 3.05) is 39.1 Å². The van der Waals surface area contributed by atoms with Crippen LogP contribution in [-0.2, 0) is 0 Å². The molecule has 176 valence electrons. The Labute approximate surface area is 206 Å². The molecule has 0 aromatic carbocycles. The number of aromatic nitrogens is 3. The molecule has 0 saturated carbocycles. The normalized spacial score (nSPS) is 23.0. The maximum atomic E-state index is 7.08. The summed E-state index contributed by atoms with van der Waals surface area (Å²) in [4.78, 5) is 16.8. The van der Waals surface area contributed by atoms with Crippen LogP contribution >= 0.6 is 23.2 Å². The quantitative estimate of drug-likeness (QED) is 0.489. The minimum absolute atomic E-state index is 0.126. The van der Waals surface area contributed by atoms with Gasteiger partial charge in [-0.15, -0.1) is 0 Å². The fraction of sp³-hybridized carbons (Fsp3) is 0.520. The number of piperidine rings is 2. The van der Waals surface area contributed by atoms with E-state index in [2.05, 4.69) is 63.4 Å². The van der Waals surface area contributed by atoms with Crippen LogP contribution in [0.4, 0.5) is 5.82 Å². The number of nitrogens with zero attached hydrogens (tertiary/aromatic N) is 6. The number of rotatable bonds is 4. The molecular weight excluding hydrogens is 455 g/mol. The first-order valence-corrected chi connectivity index (χ1v) is 12.6. The minimum Gasteiger partial charge on any atom is -0.358 e. The molecule has 0 aliphatic carbocycles. The Hall–Kier alpha value is -1.86. The molecule has 0 amide bonds. The molecule has 2 aliphatic heterocycles. The Kier molecular flexibility index (Phi) is 6.54. The molecule has 8 heteroatoms. The number of anilines is 1. The molecule has 2 fully saturated rings. The van der Waals surface area contributed by atoms with E-state index in [1.807, 2.05) is 18.3 Å². The summed E-state index contributed by atoms with van der Waals surface area (Å²) < 4.78 is 2.14. The second kappa shape index (κ2) is 9.41. The van der Waals surface area contributed by atoms with Crippen molar-refractivity contribution in [2.45, 2.75) is 50.2 Å². The molecule has 0 N–H and O–H groups in total. The molecule has 2 atom stereocenters. The van der Waals surface area contributed by atoms with Crippen LogP contribution in [-0.4, -0.2) is 64.4 Å². The molecule has 2 saturated heterocycles. The van der Waals surface area contributed by atoms with E-state index in [0.29, 0.717) is 6.04 Å². The maximum absolute atomic E-state index is 7.08. The summed E-state index contributed by atoms with van der Waals surface area (Å²) >= 11 is 13.6. The average molecular weight is 487 g/mol. The number of fused-ring (bicyclic) bond motifs is 1. The summed E-state index contributed by atoms with van der Waals surface area (Å²) in [6, 6.07) is 11.0. The predicted octanol–water partition coefficient (Wildman–Crippen LogP) is 5.46. The third-order valence-corrected chi connectivity index (χ3v) is 8.15. The van der Waals surface area contributed by atoms with Crippen molar-refractivity contribution in [3.63, 3.8) is 0 Å². The van der Waals surface area contributed by atoms with Crippen molar-refractivity contribution in [2.24, 2.45) is 0 Å². The van der Waals surface area contributed by atoms with Gasteiger partial charge in [-0.05, 0) is 77.5 Å². The number of halogens is 2. The van der Waals surface area contributed by atoms with E-state index < -0.39 is 0 Å². The molecule has 6 nitrogen and oxygen atoms in total. The molecule has 3 aromatic rings. The van der Waals surface area contributed by atoms with Crippen molar-refractivity contribution in [3.05, 3.63) is 58.1 Å². The summed E-state index contributed by atoms with van der Waals surface area (Å²) in [5.41, 5.74) is 2.80. The number of pyridine rings is 2. The van der Waals surface area contributed by atoms with E-state index in [4.69, 9.17) is 28.2 Å². The van der Waals surface area contributed by atoms with E-state index in [-0.39, 0.29) is 12.1 Å². The second-order valence-electron chi connectivity index (χ2n) is 9.55. The zero-order valence-electron chi connectivity index (χ0n) is 19.6. The minimum atomic E-state index is 0.126. The SMILES string of the molecule is CN(C)C1CCN(c2cccc3nc(C4CCC[C@@H](c5ncccc5Cl)N4C)c(Cl)n23)CC1. The van der Waals surface area contributed by atoms with Crippen molar-refractivity contribution in [1.29, 1.82) is 0 Å². The predicted molar refractivity (Wildman–Crippen MR) is 135 cm³/mol. The Morgan fingerprint density at radius 1 is 0.939 bits per heavy atom. The van der Waals surface area contributed by atoms with Crippen molar-refractivity contribution >= 4 is 34.7 Å². The third kappa shape index (κ3) is 4.23. The number of imidazole rings is 1. The summed E-state index contributed by atoms with van der Waals surface area (Å²) in [6.07, 6.45) is 7.26. The zero-order chi connectivity index (χ0) is 23.1. The third-order valence-electron chi connectivity index (χ3n) is 7.47. The van der Waals surface area contributed by atoms with Crippen LogP contribution in [0.1, 0.15) is 55.6 Å². The molecule has 2 aliphatic rings. The van der Waals surface area contributed by atoms with Crippen LogP contribution in [0, 0.1) is 0 Å². The zero-order valence-corrected chi connectivity index (χ0v) is 21.1. The van der Waals surface area contributed by atoms with Crippen molar-refractivity contribution in [3.8, 4) is 0 Å². The molecule has 0 radical (unpaired) electrons. The summed E-state index contributed by atoms with van der Waals surface area (Å²) in [6.45, 7) is 2.05. The number of likely N-dealkylation sites (tertiary alicyclic amines) is 1. The van der Waals surface area contributed by atoms with E-state index in [9.17, 15) is 0 Å². The van der Waals surface area contributed by atoms with Gasteiger partial charge in [0.25, 0.3) is 0 Å². The van der Waals surface area contributed by atoms with E-state index in [1.165, 1.54) is 0 Å². The average Bonchev–Trinajstić information content (AvgIpc) is 3.16. The first kappa shape index (κ1) is 22.9. The van der Waals surface area contributed by atoms with Crippen LogP contribution in [0.2, 0.25) is 10.2 Å². The highest BCUT2D eigenvalue weighted by Crippen LogP contribution is 2.43. The van der Waals surface area contributed by atoms with Gasteiger partial charge >= 0.3 is 0 Å². The van der Waals surface area contributed by atoms with Gasteiger partial charge in [0.2, 0.25) is 0 Å². The Morgan fingerprint density at radius 2 is 1.67 bits per heavy atom. The lowest BCUT2D eigenvalue weighted by molar-refractivity contribution is 0.110. The second-order valence-corrected chi connectivity index (χ2v) is 10.3. The monoisotopic (exact) mass is 486 g/mol. The van der Waals surface area contributed by atoms with E-state index in [1.54, 1.807) is 0 Å². The highest BCUT2D eigenvalue weighted by Gasteiger charge is 2.35. The fourth-order valence-corrected chi connectivity index (χ4v) is 6.15. The molecule has 3 aromatic heterocycles. The summed E-state index contributed by atoms with van der Waals surface area (Å²) in [7, 11) is 6.49. The molecule has 0 spiro atoms. The van der Waals surface area contributed by atoms with Crippen LogP contribution in [0.3, 0.4) is 0 Å². The Balaban J connectivity index is 1.47. The van der Waals surface area contributed by atoms with Gasteiger partial charge < -0.3 is 9.80 Å². The van der Waals surface area contributed by atoms with Crippen LogP contribution in [0.5, 0.6) is 0 Å². The molecule has 5 rings (SSSR count). The standard InChI is InChI=1S/C25H32Cl2N6/c1-30(2)17-12-15-32(16-13-17)22-11-5-10-21-29-24(25(27)33(21)22)20-9-4-8-19(31(20)3)23-18(26)7-6-14-28-23/h5-7,10-11,14,17,19-20H,4,8-9,12-13,15-16H2,1-3H3/t19-,20?/m0/s1. The first-order valence-electron chi connectivity index (χ1n) is 11.9. The summed E-state index contributed by atoms with van der Waals surface area (Å²) in [5, 5.41) is 1.44. The fourth-order valence-electron chi connectivity index (χ4n) is 5.56. The highest BCUT2D eigenvalue weighted by molar-refractivity contribution is 6.31. The van der Waals surface area contributed by atoms with Gasteiger partial charge in [0.05, 0.1) is 28.5 Å². The van der Waals surface area contributed by atoms with Crippen LogP contribution < -0.4 is 4.90 Å². The summed E-state index contributed by atoms with van der Waals surface area (Å²) in [5.74, 6) is 1.14. The van der Waals surface area contributed by atoms with Gasteiger partial charge in [-0.3, -0.25) is 14.3 Å². The lowest BCUT2D eigenvalue weighted by Crippen LogP contribution is -2.42. The van der Waals surface area contributed by atoms with Gasteiger partial charge in [0, 0.05) is 25.3 Å². The topological polar surface area (TPSA) is 39.9 Å². The van der Waals surface area contributed by atoms with Gasteiger partial charge in [-0.1, -0.05) is 29.3 Å². The van der Waals surface area contributed by atoms with Crippen LogP contribution in [0.25, 0.3) is 5.65 Å². The van der Waals surface area contributed by atoms with Gasteiger partial charge in [-0.25, -0.2) is 4.98 Å². The van der Waals surface area contributed by atoms with Crippen LogP contribution in [0.15, 0.2) is 36.5 Å². The van der Waals surface area contributed by atoms with Gasteiger partial charge in [0.1, 0.15) is 16.6 Å². The van der Waals surface area contributed by atoms with Gasteiger partial charge in [0.15, 0.2) is 0 Å². The van der Waals surface area contributed by atoms with E-state index >= 15 is 0 Å².